The molecule has 2 fully saturated rings. The zero-order valence-electron chi connectivity index (χ0n) is 14.4. The zero-order chi connectivity index (χ0) is 15.1. The van der Waals surface area contributed by atoms with Crippen molar-refractivity contribution < 1.29 is 9.53 Å². The number of carbonyl (C=O) groups excluding carboxylic acids is 1. The van der Waals surface area contributed by atoms with E-state index in [1.165, 1.54) is 38.9 Å². The Morgan fingerprint density at radius 3 is 2.39 bits per heavy atom. The molecule has 0 saturated carbocycles. The van der Waals surface area contributed by atoms with Gasteiger partial charge in [-0.15, -0.1) is 24.8 Å². The van der Waals surface area contributed by atoms with Crippen LogP contribution in [0.25, 0.3) is 0 Å². The van der Waals surface area contributed by atoms with Crippen LogP contribution in [-0.2, 0) is 9.53 Å². The van der Waals surface area contributed by atoms with Crippen LogP contribution < -0.4 is 10.6 Å². The van der Waals surface area contributed by atoms with Crippen molar-refractivity contribution >= 4 is 30.7 Å². The van der Waals surface area contributed by atoms with E-state index in [1.807, 2.05) is 0 Å². The lowest BCUT2D eigenvalue weighted by Gasteiger charge is -2.36. The first-order chi connectivity index (χ1) is 10.2. The number of nitrogens with one attached hydrogen (secondary N) is 2. The summed E-state index contributed by atoms with van der Waals surface area (Å²) in [6, 6.07) is 0. The largest absolute Gasteiger partial charge is 0.368 e. The monoisotopic (exact) mass is 369 g/mol. The Balaban J connectivity index is 0.00000242. The first-order valence-electron chi connectivity index (χ1n) is 8.46. The predicted molar refractivity (Wildman–Crippen MR) is 98.8 cm³/mol. The van der Waals surface area contributed by atoms with Crippen LogP contribution in [0.1, 0.15) is 39.0 Å². The van der Waals surface area contributed by atoms with E-state index in [-0.39, 0.29) is 30.7 Å². The van der Waals surface area contributed by atoms with E-state index < -0.39 is 5.60 Å². The average molecular weight is 370 g/mol. The lowest BCUT2D eigenvalue weighted by atomic mass is 9.90. The minimum Gasteiger partial charge on any atom is -0.368 e. The summed E-state index contributed by atoms with van der Waals surface area (Å²) in [6.45, 7) is 8.31. The maximum Gasteiger partial charge on any atom is 0.252 e. The summed E-state index contributed by atoms with van der Waals surface area (Å²) >= 11 is 0. The lowest BCUT2D eigenvalue weighted by molar-refractivity contribution is -0.147. The maximum atomic E-state index is 12.5. The molecule has 2 rings (SSSR count). The highest BCUT2D eigenvalue weighted by Gasteiger charge is 2.39. The number of hydrogen-bond acceptors (Lipinski definition) is 4. The molecule has 0 aromatic rings. The van der Waals surface area contributed by atoms with Crippen LogP contribution in [0, 0.1) is 5.92 Å². The topological polar surface area (TPSA) is 53.6 Å². The number of methoxy groups -OCH3 is 1. The van der Waals surface area contributed by atoms with Crippen LogP contribution >= 0.6 is 24.8 Å². The number of nitrogens with zero attached hydrogens (tertiary/aromatic N) is 1. The SMILES string of the molecule is CCCN1CCC(CNC(=O)C2(OC)CCNCC2)CC1.Cl.Cl. The minimum atomic E-state index is -0.603. The van der Waals surface area contributed by atoms with Gasteiger partial charge in [0.2, 0.25) is 0 Å². The maximum absolute atomic E-state index is 12.5. The zero-order valence-corrected chi connectivity index (χ0v) is 16.1. The molecule has 2 aliphatic heterocycles. The van der Waals surface area contributed by atoms with Crippen LogP contribution in [0.2, 0.25) is 0 Å². The van der Waals surface area contributed by atoms with E-state index in [1.54, 1.807) is 7.11 Å². The van der Waals surface area contributed by atoms with Crippen molar-refractivity contribution in [3.63, 3.8) is 0 Å². The van der Waals surface area contributed by atoms with E-state index >= 15 is 0 Å². The number of carbonyl (C=O) groups is 1. The second-order valence-electron chi connectivity index (χ2n) is 6.44. The number of halogens is 2. The number of hydrogen-bond donors (Lipinski definition) is 2. The van der Waals surface area contributed by atoms with E-state index in [2.05, 4.69) is 22.5 Å². The summed E-state index contributed by atoms with van der Waals surface area (Å²) in [5.74, 6) is 0.708. The lowest BCUT2D eigenvalue weighted by Crippen LogP contribution is -2.55. The average Bonchev–Trinajstić information content (AvgIpc) is 2.55. The second-order valence-corrected chi connectivity index (χ2v) is 6.44. The molecule has 7 heteroatoms. The highest BCUT2D eigenvalue weighted by atomic mass is 35.5. The van der Waals surface area contributed by atoms with Crippen molar-refractivity contribution in [1.29, 1.82) is 0 Å². The molecule has 0 bridgehead atoms. The summed E-state index contributed by atoms with van der Waals surface area (Å²) in [6.07, 6.45) is 5.16. The number of likely N-dealkylation sites (tertiary alicyclic amines) is 1. The van der Waals surface area contributed by atoms with Crippen molar-refractivity contribution in [2.45, 2.75) is 44.6 Å². The van der Waals surface area contributed by atoms with Crippen LogP contribution in [0.4, 0.5) is 0 Å². The van der Waals surface area contributed by atoms with E-state index in [9.17, 15) is 4.79 Å². The van der Waals surface area contributed by atoms with Crippen LogP contribution in [0.5, 0.6) is 0 Å². The van der Waals surface area contributed by atoms with Crippen LogP contribution in [0.15, 0.2) is 0 Å². The molecular weight excluding hydrogens is 337 g/mol. The Morgan fingerprint density at radius 1 is 1.26 bits per heavy atom. The fourth-order valence-electron chi connectivity index (χ4n) is 3.48. The molecule has 5 nitrogen and oxygen atoms in total. The smallest absolute Gasteiger partial charge is 0.252 e. The molecule has 23 heavy (non-hydrogen) atoms. The second kappa shape index (κ2) is 11.5. The summed E-state index contributed by atoms with van der Waals surface area (Å²) in [7, 11) is 1.66. The summed E-state index contributed by atoms with van der Waals surface area (Å²) < 4.78 is 5.57. The van der Waals surface area contributed by atoms with Gasteiger partial charge in [-0.3, -0.25) is 4.79 Å². The van der Waals surface area contributed by atoms with Gasteiger partial charge in [-0.1, -0.05) is 6.92 Å². The fourth-order valence-corrected chi connectivity index (χ4v) is 3.48. The quantitative estimate of drug-likeness (QED) is 0.749. The molecular formula is C16H33Cl2N3O2. The predicted octanol–water partition coefficient (Wildman–Crippen LogP) is 1.84. The molecule has 0 unspecified atom stereocenters. The third kappa shape index (κ3) is 6.39. The molecule has 0 aromatic carbocycles. The van der Waals surface area contributed by atoms with Crippen molar-refractivity contribution in [2.24, 2.45) is 5.92 Å². The van der Waals surface area contributed by atoms with Gasteiger partial charge in [0.25, 0.3) is 5.91 Å². The molecule has 2 aliphatic rings. The number of ether oxygens (including phenoxy) is 1. The molecule has 0 spiro atoms. The third-order valence-electron chi connectivity index (χ3n) is 5.01. The van der Waals surface area contributed by atoms with Crippen molar-refractivity contribution in [1.82, 2.24) is 15.5 Å². The summed E-state index contributed by atoms with van der Waals surface area (Å²) in [5, 5.41) is 6.44. The first-order valence-corrected chi connectivity index (χ1v) is 8.46. The van der Waals surface area contributed by atoms with E-state index in [0.29, 0.717) is 5.92 Å². The fraction of sp³-hybridized carbons (Fsp3) is 0.938. The Morgan fingerprint density at radius 2 is 1.87 bits per heavy atom. The molecule has 0 atom stereocenters. The summed E-state index contributed by atoms with van der Waals surface area (Å²) in [4.78, 5) is 15.0. The van der Waals surface area contributed by atoms with Gasteiger partial charge in [-0.2, -0.15) is 0 Å². The van der Waals surface area contributed by atoms with Gasteiger partial charge in [0, 0.05) is 13.7 Å². The van der Waals surface area contributed by atoms with Gasteiger partial charge >= 0.3 is 0 Å². The van der Waals surface area contributed by atoms with Gasteiger partial charge in [-0.25, -0.2) is 0 Å². The highest BCUT2D eigenvalue weighted by Crippen LogP contribution is 2.23. The Kier molecular flexibility index (Phi) is 11.4. The molecule has 0 radical (unpaired) electrons. The van der Waals surface area contributed by atoms with Crippen molar-refractivity contribution in [3.05, 3.63) is 0 Å². The Labute approximate surface area is 153 Å². The third-order valence-corrected chi connectivity index (χ3v) is 5.01. The normalized spacial score (nSPS) is 21.8. The van der Waals surface area contributed by atoms with Crippen LogP contribution in [-0.4, -0.2) is 62.8 Å². The van der Waals surface area contributed by atoms with E-state index in [4.69, 9.17) is 4.74 Å². The standard InChI is InChI=1S/C16H31N3O2.2ClH/c1-3-10-19-11-4-14(5-12-19)13-18-15(20)16(21-2)6-8-17-9-7-16;;/h14,17H,3-13H2,1-2H3,(H,18,20);2*1H. The molecule has 2 saturated heterocycles. The molecule has 1 amide bonds. The summed E-state index contributed by atoms with van der Waals surface area (Å²) in [5.41, 5.74) is -0.603. The van der Waals surface area contributed by atoms with Gasteiger partial charge in [0.05, 0.1) is 0 Å². The number of rotatable bonds is 6. The number of amides is 1. The molecule has 0 aromatic heterocycles. The highest BCUT2D eigenvalue weighted by molar-refractivity contribution is 5.86. The molecule has 2 N–H and O–H groups in total. The van der Waals surface area contributed by atoms with Gasteiger partial charge in [-0.05, 0) is 70.7 Å². The van der Waals surface area contributed by atoms with Crippen molar-refractivity contribution in [2.75, 3.05) is 46.4 Å². The first kappa shape index (κ1) is 22.9. The minimum absolute atomic E-state index is 0. The van der Waals surface area contributed by atoms with Crippen LogP contribution in [0.3, 0.4) is 0 Å². The van der Waals surface area contributed by atoms with Gasteiger partial charge in [0.1, 0.15) is 5.60 Å². The molecule has 2 heterocycles. The Bertz CT molecular complexity index is 331. The number of piperidine rings is 2. The van der Waals surface area contributed by atoms with Crippen molar-refractivity contribution in [3.8, 4) is 0 Å². The van der Waals surface area contributed by atoms with Gasteiger partial charge in [0.15, 0.2) is 0 Å². The molecule has 138 valence electrons. The molecule has 0 aliphatic carbocycles. The van der Waals surface area contributed by atoms with E-state index in [0.717, 1.165) is 32.5 Å². The Hall–Kier alpha value is -0.0700. The van der Waals surface area contributed by atoms with Gasteiger partial charge < -0.3 is 20.3 Å².